The molecule has 3 heteroatoms. The van der Waals surface area contributed by atoms with E-state index in [9.17, 15) is 5.11 Å². The van der Waals surface area contributed by atoms with E-state index in [0.717, 1.165) is 16.2 Å². The Kier molecular flexibility index (Phi) is 4.51. The summed E-state index contributed by atoms with van der Waals surface area (Å²) in [5.41, 5.74) is 1.03. The van der Waals surface area contributed by atoms with Gasteiger partial charge in [-0.05, 0) is 42.2 Å². The summed E-state index contributed by atoms with van der Waals surface area (Å²) in [4.78, 5) is 2.27. The highest BCUT2D eigenvalue weighted by molar-refractivity contribution is 7.12. The quantitative estimate of drug-likeness (QED) is 0.896. The summed E-state index contributed by atoms with van der Waals surface area (Å²) >= 11 is 1.68. The Labute approximate surface area is 125 Å². The average Bonchev–Trinajstić information content (AvgIpc) is 2.89. The molecule has 1 aromatic heterocycles. The summed E-state index contributed by atoms with van der Waals surface area (Å²) in [6.07, 6.45) is -0.563. The fourth-order valence-electron chi connectivity index (χ4n) is 1.98. The Bertz CT molecular complexity index is 549. The highest BCUT2D eigenvalue weighted by Gasteiger charge is 2.19. The lowest BCUT2D eigenvalue weighted by atomic mass is 9.95. The molecular weight excluding hydrogens is 268 g/mol. The second-order valence-electron chi connectivity index (χ2n) is 5.86. The number of thiophene rings is 1. The number of hydrogen-bond donors (Lipinski definition) is 1. The maximum atomic E-state index is 10.5. The largest absolute Gasteiger partial charge is 0.494 e. The van der Waals surface area contributed by atoms with E-state index < -0.39 is 6.10 Å². The van der Waals surface area contributed by atoms with Crippen molar-refractivity contribution in [2.45, 2.75) is 39.2 Å². The second kappa shape index (κ2) is 5.98. The lowest BCUT2D eigenvalue weighted by Crippen LogP contribution is -2.07. The van der Waals surface area contributed by atoms with Gasteiger partial charge in [0.05, 0.1) is 6.61 Å². The molecule has 1 heterocycles. The summed E-state index contributed by atoms with van der Waals surface area (Å²) < 4.78 is 5.42. The summed E-state index contributed by atoms with van der Waals surface area (Å²) in [6, 6.07) is 11.8. The van der Waals surface area contributed by atoms with E-state index in [4.69, 9.17) is 4.74 Å². The first-order valence-corrected chi connectivity index (χ1v) is 7.74. The molecule has 0 aliphatic heterocycles. The third-order valence-corrected chi connectivity index (χ3v) is 4.71. The molecule has 2 rings (SSSR count). The summed E-state index contributed by atoms with van der Waals surface area (Å²) in [7, 11) is 0. The van der Waals surface area contributed by atoms with Gasteiger partial charge in [0.15, 0.2) is 0 Å². The molecule has 0 fully saturated rings. The number of rotatable bonds is 4. The minimum atomic E-state index is -0.563. The lowest BCUT2D eigenvalue weighted by Gasteiger charge is -2.16. The van der Waals surface area contributed by atoms with Crippen LogP contribution in [0, 0.1) is 0 Å². The number of benzene rings is 1. The molecule has 2 aromatic rings. The van der Waals surface area contributed by atoms with Gasteiger partial charge >= 0.3 is 0 Å². The fraction of sp³-hybridized carbons (Fsp3) is 0.412. The zero-order valence-corrected chi connectivity index (χ0v) is 13.3. The van der Waals surface area contributed by atoms with Gasteiger partial charge in [-0.25, -0.2) is 0 Å². The number of hydrogen-bond acceptors (Lipinski definition) is 3. The van der Waals surface area contributed by atoms with Crippen LogP contribution >= 0.6 is 11.3 Å². The molecule has 0 amide bonds. The van der Waals surface area contributed by atoms with Gasteiger partial charge in [-0.15, -0.1) is 11.3 Å². The zero-order valence-electron chi connectivity index (χ0n) is 12.5. The van der Waals surface area contributed by atoms with Gasteiger partial charge in [0.25, 0.3) is 0 Å². The first-order chi connectivity index (χ1) is 9.41. The van der Waals surface area contributed by atoms with Crippen LogP contribution in [0.1, 0.15) is 49.1 Å². The van der Waals surface area contributed by atoms with Crippen LogP contribution in [0.25, 0.3) is 0 Å². The molecule has 0 bridgehead atoms. The average molecular weight is 290 g/mol. The fourth-order valence-corrected chi connectivity index (χ4v) is 3.06. The molecule has 2 nitrogen and oxygen atoms in total. The van der Waals surface area contributed by atoms with Gasteiger partial charge in [0.2, 0.25) is 0 Å². The Morgan fingerprint density at radius 3 is 2.25 bits per heavy atom. The smallest absolute Gasteiger partial charge is 0.119 e. The van der Waals surface area contributed by atoms with Gasteiger partial charge in [-0.2, -0.15) is 0 Å². The van der Waals surface area contributed by atoms with Crippen LogP contribution < -0.4 is 4.74 Å². The summed E-state index contributed by atoms with van der Waals surface area (Å²) in [5.74, 6) is 0.838. The minimum absolute atomic E-state index is 0.126. The Balaban J connectivity index is 2.18. The van der Waals surface area contributed by atoms with Crippen LogP contribution in [0.2, 0.25) is 0 Å². The monoisotopic (exact) mass is 290 g/mol. The molecule has 0 aliphatic rings. The van der Waals surface area contributed by atoms with Crippen molar-refractivity contribution in [3.05, 3.63) is 51.7 Å². The zero-order chi connectivity index (χ0) is 14.8. The van der Waals surface area contributed by atoms with Crippen LogP contribution in [0.3, 0.4) is 0 Å². The predicted octanol–water partition coefficient (Wildman–Crippen LogP) is 4.53. The van der Waals surface area contributed by atoms with E-state index in [1.54, 1.807) is 11.3 Å². The Morgan fingerprint density at radius 2 is 1.75 bits per heavy atom. The van der Waals surface area contributed by atoms with Crippen molar-refractivity contribution >= 4 is 11.3 Å². The van der Waals surface area contributed by atoms with Gasteiger partial charge < -0.3 is 9.84 Å². The topological polar surface area (TPSA) is 29.5 Å². The highest BCUT2D eigenvalue weighted by atomic mass is 32.1. The number of aliphatic hydroxyl groups excluding tert-OH is 1. The maximum absolute atomic E-state index is 10.5. The van der Waals surface area contributed by atoms with Crippen molar-refractivity contribution in [1.29, 1.82) is 0 Å². The normalized spacial score (nSPS) is 13.2. The second-order valence-corrected chi connectivity index (χ2v) is 6.97. The third-order valence-electron chi connectivity index (χ3n) is 3.14. The lowest BCUT2D eigenvalue weighted by molar-refractivity contribution is 0.224. The van der Waals surface area contributed by atoms with E-state index >= 15 is 0 Å². The SMILES string of the molecule is CCOc1ccc(C(O)c2ccc(C(C)(C)C)s2)cc1. The summed E-state index contributed by atoms with van der Waals surface area (Å²) in [6.45, 7) is 9.17. The maximum Gasteiger partial charge on any atom is 0.119 e. The van der Waals surface area contributed by atoms with Crippen molar-refractivity contribution in [1.82, 2.24) is 0 Å². The molecular formula is C17H22O2S. The molecule has 1 atom stereocenters. The molecule has 108 valence electrons. The predicted molar refractivity (Wildman–Crippen MR) is 84.7 cm³/mol. The Morgan fingerprint density at radius 1 is 1.10 bits per heavy atom. The van der Waals surface area contributed by atoms with E-state index in [1.165, 1.54) is 4.88 Å². The van der Waals surface area contributed by atoms with Crippen molar-refractivity contribution in [2.24, 2.45) is 0 Å². The molecule has 1 unspecified atom stereocenters. The molecule has 0 spiro atoms. The van der Waals surface area contributed by atoms with Crippen LogP contribution in [-0.2, 0) is 5.41 Å². The minimum Gasteiger partial charge on any atom is -0.494 e. The molecule has 20 heavy (non-hydrogen) atoms. The standard InChI is InChI=1S/C17H22O2S/c1-5-19-13-8-6-12(7-9-13)16(18)14-10-11-15(20-14)17(2,3)4/h6-11,16,18H,5H2,1-4H3. The summed E-state index contributed by atoms with van der Waals surface area (Å²) in [5, 5.41) is 10.5. The third kappa shape index (κ3) is 3.41. The first kappa shape index (κ1) is 15.1. The van der Waals surface area contributed by atoms with Gasteiger partial charge in [0.1, 0.15) is 11.9 Å². The number of aliphatic hydroxyl groups is 1. The van der Waals surface area contributed by atoms with Crippen LogP contribution in [-0.4, -0.2) is 11.7 Å². The molecule has 0 saturated heterocycles. The van der Waals surface area contributed by atoms with E-state index in [0.29, 0.717) is 6.61 Å². The van der Waals surface area contributed by atoms with E-state index in [1.807, 2.05) is 37.3 Å². The molecule has 0 radical (unpaired) electrons. The van der Waals surface area contributed by atoms with E-state index in [2.05, 4.69) is 26.8 Å². The van der Waals surface area contributed by atoms with Crippen molar-refractivity contribution in [3.63, 3.8) is 0 Å². The Hall–Kier alpha value is -1.32. The van der Waals surface area contributed by atoms with Gasteiger partial charge in [0, 0.05) is 9.75 Å². The molecule has 0 saturated carbocycles. The molecule has 1 aromatic carbocycles. The van der Waals surface area contributed by atoms with Crippen LogP contribution in [0.15, 0.2) is 36.4 Å². The van der Waals surface area contributed by atoms with Crippen molar-refractivity contribution in [3.8, 4) is 5.75 Å². The first-order valence-electron chi connectivity index (χ1n) is 6.93. The van der Waals surface area contributed by atoms with Crippen LogP contribution in [0.5, 0.6) is 5.75 Å². The van der Waals surface area contributed by atoms with E-state index in [-0.39, 0.29) is 5.41 Å². The van der Waals surface area contributed by atoms with Crippen molar-refractivity contribution in [2.75, 3.05) is 6.61 Å². The number of ether oxygens (including phenoxy) is 1. The van der Waals surface area contributed by atoms with Gasteiger partial charge in [-0.1, -0.05) is 32.9 Å². The molecule has 0 aliphatic carbocycles. The highest BCUT2D eigenvalue weighted by Crippen LogP contribution is 2.34. The van der Waals surface area contributed by atoms with Crippen molar-refractivity contribution < 1.29 is 9.84 Å². The van der Waals surface area contributed by atoms with Crippen LogP contribution in [0.4, 0.5) is 0 Å². The molecule has 1 N–H and O–H groups in total. The van der Waals surface area contributed by atoms with Gasteiger partial charge in [-0.3, -0.25) is 0 Å².